The number of rotatable bonds is 4. The van der Waals surface area contributed by atoms with E-state index in [4.69, 9.17) is 0 Å². The SMILES string of the molecule is N#CC(C#N)=C1c2ccccc2C(c2ccc(N3c4ccccc4Cc4ccccc43)cc2)(c2ccc(N3c4ccccc4Sc4ccccc43)cc2)c2ccccc21. The Bertz CT molecular complexity index is 2800. The van der Waals surface area contributed by atoms with Crippen molar-refractivity contribution in [3.05, 3.63) is 244 Å². The van der Waals surface area contributed by atoms with Gasteiger partial charge >= 0.3 is 0 Å². The molecule has 8 aromatic rings. The Labute approximate surface area is 348 Å². The van der Waals surface area contributed by atoms with Gasteiger partial charge in [0, 0.05) is 44.5 Å². The van der Waals surface area contributed by atoms with Gasteiger partial charge in [-0.1, -0.05) is 145 Å². The Balaban J connectivity index is 1.14. The molecular weight excluding hydrogens is 737 g/mol. The molecule has 0 N–H and O–H groups in total. The lowest BCUT2D eigenvalue weighted by molar-refractivity contribution is 0.731. The molecular formula is C54H34N4S. The van der Waals surface area contributed by atoms with E-state index in [1.54, 1.807) is 11.8 Å². The highest BCUT2D eigenvalue weighted by Gasteiger charge is 2.46. The van der Waals surface area contributed by atoms with Crippen LogP contribution in [0.1, 0.15) is 44.5 Å². The molecule has 0 fully saturated rings. The van der Waals surface area contributed by atoms with Crippen molar-refractivity contribution in [3.8, 4) is 12.1 Å². The van der Waals surface area contributed by atoms with Gasteiger partial charge in [0.15, 0.2) is 0 Å². The van der Waals surface area contributed by atoms with E-state index in [2.05, 4.69) is 204 Å². The average molecular weight is 771 g/mol. The minimum absolute atomic E-state index is 0.104. The third kappa shape index (κ3) is 5.23. The van der Waals surface area contributed by atoms with Crippen molar-refractivity contribution in [3.63, 3.8) is 0 Å². The molecule has 0 saturated heterocycles. The lowest BCUT2D eigenvalue weighted by Crippen LogP contribution is -2.36. The van der Waals surface area contributed by atoms with Crippen LogP contribution in [0.4, 0.5) is 34.1 Å². The number of hydrogen-bond donors (Lipinski definition) is 0. The fourth-order valence-corrected chi connectivity index (χ4v) is 10.7. The van der Waals surface area contributed by atoms with Crippen LogP contribution in [0.2, 0.25) is 0 Å². The summed E-state index contributed by atoms with van der Waals surface area (Å²) >= 11 is 1.80. The summed E-state index contributed by atoms with van der Waals surface area (Å²) < 4.78 is 0. The van der Waals surface area contributed by atoms with Gasteiger partial charge in [-0.2, -0.15) is 10.5 Å². The maximum absolute atomic E-state index is 10.3. The van der Waals surface area contributed by atoms with Gasteiger partial charge in [0.25, 0.3) is 0 Å². The molecule has 0 unspecified atom stereocenters. The molecule has 4 nitrogen and oxygen atoms in total. The predicted octanol–water partition coefficient (Wildman–Crippen LogP) is 13.5. The van der Waals surface area contributed by atoms with E-state index in [0.717, 1.165) is 62.6 Å². The van der Waals surface area contributed by atoms with Crippen LogP contribution in [0.25, 0.3) is 5.57 Å². The molecule has 2 heterocycles. The number of benzene rings is 8. The second-order valence-electron chi connectivity index (χ2n) is 15.1. The zero-order chi connectivity index (χ0) is 39.5. The van der Waals surface area contributed by atoms with Crippen LogP contribution in [0.5, 0.6) is 0 Å². The number of fused-ring (bicyclic) bond motifs is 6. The molecule has 0 bridgehead atoms. The first-order valence-electron chi connectivity index (χ1n) is 19.8. The van der Waals surface area contributed by atoms with Gasteiger partial charge in [-0.05, 0) is 105 Å². The molecule has 11 rings (SSSR count). The van der Waals surface area contributed by atoms with Crippen molar-refractivity contribution in [2.75, 3.05) is 9.80 Å². The van der Waals surface area contributed by atoms with Crippen LogP contribution in [0.3, 0.4) is 0 Å². The van der Waals surface area contributed by atoms with Gasteiger partial charge in [-0.3, -0.25) is 0 Å². The highest BCUT2D eigenvalue weighted by atomic mass is 32.2. The van der Waals surface area contributed by atoms with Gasteiger partial charge in [-0.25, -0.2) is 0 Å². The minimum Gasteiger partial charge on any atom is -0.310 e. The van der Waals surface area contributed by atoms with E-state index < -0.39 is 5.41 Å². The van der Waals surface area contributed by atoms with Crippen LogP contribution in [0.15, 0.2) is 209 Å². The Morgan fingerprint density at radius 3 is 1.31 bits per heavy atom. The van der Waals surface area contributed by atoms with Gasteiger partial charge in [-0.15, -0.1) is 0 Å². The number of anilines is 6. The Morgan fingerprint density at radius 1 is 0.441 bits per heavy atom. The van der Waals surface area contributed by atoms with Crippen LogP contribution in [-0.4, -0.2) is 0 Å². The van der Waals surface area contributed by atoms with Crippen LogP contribution >= 0.6 is 11.8 Å². The molecule has 0 spiro atoms. The third-order valence-corrected chi connectivity index (χ3v) is 13.2. The molecule has 0 atom stereocenters. The normalized spacial score (nSPS) is 15.6. The molecule has 3 aliphatic rings. The quantitative estimate of drug-likeness (QED) is 0.167. The van der Waals surface area contributed by atoms with Gasteiger partial charge in [0.2, 0.25) is 0 Å². The van der Waals surface area contributed by atoms with Crippen molar-refractivity contribution < 1.29 is 0 Å². The van der Waals surface area contributed by atoms with Gasteiger partial charge in [0.05, 0.1) is 16.8 Å². The van der Waals surface area contributed by atoms with Gasteiger partial charge < -0.3 is 9.80 Å². The zero-order valence-electron chi connectivity index (χ0n) is 31.9. The maximum atomic E-state index is 10.3. The van der Waals surface area contributed by atoms with Crippen molar-refractivity contribution in [2.45, 2.75) is 21.6 Å². The first kappa shape index (κ1) is 34.7. The number of nitriles is 2. The smallest absolute Gasteiger partial charge is 0.138 e. The van der Waals surface area contributed by atoms with E-state index in [9.17, 15) is 10.5 Å². The molecule has 0 aromatic heterocycles. The first-order chi connectivity index (χ1) is 29.2. The van der Waals surface area contributed by atoms with E-state index in [1.165, 1.54) is 32.3 Å². The maximum Gasteiger partial charge on any atom is 0.138 e. The molecule has 0 saturated carbocycles. The van der Waals surface area contributed by atoms with E-state index in [1.807, 2.05) is 12.1 Å². The molecule has 8 aromatic carbocycles. The highest BCUT2D eigenvalue weighted by Crippen LogP contribution is 2.56. The lowest BCUT2D eigenvalue weighted by Gasteiger charge is -2.43. The third-order valence-electron chi connectivity index (χ3n) is 12.1. The second kappa shape index (κ2) is 13.8. The molecule has 1 aliphatic carbocycles. The summed E-state index contributed by atoms with van der Waals surface area (Å²) in [5.74, 6) is 0. The summed E-state index contributed by atoms with van der Waals surface area (Å²) in [6.45, 7) is 0. The van der Waals surface area contributed by atoms with Crippen molar-refractivity contribution in [1.82, 2.24) is 0 Å². The van der Waals surface area contributed by atoms with E-state index in [-0.39, 0.29) is 5.57 Å². The zero-order valence-corrected chi connectivity index (χ0v) is 32.7. The lowest BCUT2D eigenvalue weighted by atomic mass is 9.58. The summed E-state index contributed by atoms with van der Waals surface area (Å²) in [6, 6.07) is 73.7. The summed E-state index contributed by atoms with van der Waals surface area (Å²) in [5, 5.41) is 20.7. The summed E-state index contributed by atoms with van der Waals surface area (Å²) in [7, 11) is 0. The Kier molecular flexibility index (Phi) is 8.12. The van der Waals surface area contributed by atoms with Crippen LogP contribution in [0, 0.1) is 22.7 Å². The van der Waals surface area contributed by atoms with E-state index >= 15 is 0 Å². The van der Waals surface area contributed by atoms with Crippen LogP contribution in [-0.2, 0) is 11.8 Å². The van der Waals surface area contributed by atoms with E-state index in [0.29, 0.717) is 5.57 Å². The topological polar surface area (TPSA) is 54.1 Å². The Hall–Kier alpha value is -7.57. The number of hydrogen-bond acceptors (Lipinski definition) is 5. The summed E-state index contributed by atoms with van der Waals surface area (Å²) in [6.07, 6.45) is 0.893. The minimum atomic E-state index is -0.797. The standard InChI is InChI=1S/C54H34N4S/c55-34-38(35-56)53-43-15-3-5-17-45(43)54(46-18-6-4-16-44(46)53,39-25-29-41(30-26-39)57-47-19-7-1-13-36(47)33-37-14-2-8-20-48(37)57)40-27-31-42(32-28-40)58-49-21-9-11-23-51(49)59-52-24-12-10-22-50(52)58/h1-32H,33H2. The number of allylic oxidation sites excluding steroid dienone is 1. The second-order valence-corrected chi connectivity index (χ2v) is 16.1. The molecule has 276 valence electrons. The molecule has 0 amide bonds. The first-order valence-corrected chi connectivity index (χ1v) is 20.6. The average Bonchev–Trinajstić information content (AvgIpc) is 3.30. The highest BCUT2D eigenvalue weighted by molar-refractivity contribution is 7.99. The van der Waals surface area contributed by atoms with Crippen molar-refractivity contribution in [1.29, 1.82) is 10.5 Å². The Morgan fingerprint density at radius 2 is 0.831 bits per heavy atom. The van der Waals surface area contributed by atoms with Crippen molar-refractivity contribution >= 4 is 51.5 Å². The fourth-order valence-electron chi connectivity index (χ4n) is 9.62. The largest absolute Gasteiger partial charge is 0.310 e. The molecule has 2 aliphatic heterocycles. The summed E-state index contributed by atoms with van der Waals surface area (Å²) in [4.78, 5) is 7.16. The number of para-hydroxylation sites is 4. The van der Waals surface area contributed by atoms with Crippen molar-refractivity contribution in [2.24, 2.45) is 0 Å². The van der Waals surface area contributed by atoms with Crippen LogP contribution < -0.4 is 9.80 Å². The molecule has 0 radical (unpaired) electrons. The monoisotopic (exact) mass is 770 g/mol. The molecule has 59 heavy (non-hydrogen) atoms. The fraction of sp³-hybridized carbons (Fsp3) is 0.0370. The number of nitrogens with zero attached hydrogens (tertiary/aromatic N) is 4. The summed E-state index contributed by atoms with van der Waals surface area (Å²) in [5.41, 5.74) is 15.4. The van der Waals surface area contributed by atoms with Gasteiger partial charge in [0.1, 0.15) is 17.7 Å². The molecule has 5 heteroatoms. The predicted molar refractivity (Wildman–Crippen MR) is 238 cm³/mol.